The lowest BCUT2D eigenvalue weighted by Gasteiger charge is -2.28. The largest absolute Gasteiger partial charge is 0.497 e. The normalized spacial score (nSPS) is 18.5. The molecule has 2 amide bonds. The topological polar surface area (TPSA) is 71.0 Å². The van der Waals surface area contributed by atoms with Gasteiger partial charge in [-0.05, 0) is 36.4 Å². The van der Waals surface area contributed by atoms with Crippen molar-refractivity contribution in [2.45, 2.75) is 11.7 Å². The fraction of sp³-hybridized carbons (Fsp3) is 0.211. The van der Waals surface area contributed by atoms with Crippen LogP contribution in [0.5, 0.6) is 5.75 Å². The number of carbonyl (C=O) groups is 2. The van der Waals surface area contributed by atoms with Crippen LogP contribution >= 0.6 is 23.4 Å². The summed E-state index contributed by atoms with van der Waals surface area (Å²) in [6.07, 6.45) is 0.0963. The zero-order chi connectivity index (χ0) is 19.4. The highest BCUT2D eigenvalue weighted by Gasteiger charge is 2.34. The summed E-state index contributed by atoms with van der Waals surface area (Å²) in [4.78, 5) is 30.9. The Morgan fingerprint density at radius 1 is 1.26 bits per heavy atom. The first-order valence-electron chi connectivity index (χ1n) is 8.19. The number of hydrogen-bond acceptors (Lipinski definition) is 5. The average molecular weight is 404 g/mol. The first kappa shape index (κ1) is 19.3. The van der Waals surface area contributed by atoms with Crippen molar-refractivity contribution in [3.63, 3.8) is 0 Å². The molecule has 0 unspecified atom stereocenters. The van der Waals surface area contributed by atoms with Crippen molar-refractivity contribution in [1.82, 2.24) is 4.90 Å². The van der Waals surface area contributed by atoms with Gasteiger partial charge in [0.1, 0.15) is 11.0 Å². The molecule has 140 valence electrons. The van der Waals surface area contributed by atoms with Gasteiger partial charge in [0.2, 0.25) is 11.8 Å². The summed E-state index contributed by atoms with van der Waals surface area (Å²) in [5, 5.41) is 3.11. The molecule has 1 aliphatic rings. The highest BCUT2D eigenvalue weighted by Crippen LogP contribution is 2.30. The number of nitrogens with zero attached hydrogens (tertiary/aromatic N) is 2. The average Bonchev–Trinajstić information content (AvgIpc) is 2.67. The number of thioether (sulfide) groups is 1. The highest BCUT2D eigenvalue weighted by molar-refractivity contribution is 8.15. The summed E-state index contributed by atoms with van der Waals surface area (Å²) in [5.74, 6) is 0.272. The lowest BCUT2D eigenvalue weighted by molar-refractivity contribution is -0.128. The Bertz CT molecular complexity index is 886. The molecule has 1 saturated heterocycles. The Hall–Kier alpha value is -2.51. The van der Waals surface area contributed by atoms with Gasteiger partial charge in [-0.25, -0.2) is 4.99 Å². The first-order valence-corrected chi connectivity index (χ1v) is 9.45. The molecule has 8 heteroatoms. The van der Waals surface area contributed by atoms with Crippen molar-refractivity contribution in [3.05, 3.63) is 53.6 Å². The van der Waals surface area contributed by atoms with Gasteiger partial charge in [-0.1, -0.05) is 35.5 Å². The predicted molar refractivity (Wildman–Crippen MR) is 109 cm³/mol. The molecular weight excluding hydrogens is 386 g/mol. The van der Waals surface area contributed by atoms with Gasteiger partial charge in [-0.3, -0.25) is 14.5 Å². The molecule has 1 heterocycles. The minimum absolute atomic E-state index is 0.0963. The maximum Gasteiger partial charge on any atom is 0.238 e. The molecule has 0 saturated carbocycles. The Morgan fingerprint density at radius 3 is 2.63 bits per heavy atom. The standard InChI is InChI=1S/C19H18ClN3O3S/c1-23-17(24)11-16(18(25)22-15-6-4-3-5-14(15)20)27-19(23)21-12-7-9-13(26-2)10-8-12/h3-10,16H,11H2,1-2H3,(H,22,25)/t16-/m1/s1. The van der Waals surface area contributed by atoms with E-state index in [9.17, 15) is 9.59 Å². The van der Waals surface area contributed by atoms with Crippen LogP contribution in [-0.2, 0) is 9.59 Å². The van der Waals surface area contributed by atoms with E-state index in [0.29, 0.717) is 21.6 Å². The van der Waals surface area contributed by atoms with E-state index in [4.69, 9.17) is 16.3 Å². The van der Waals surface area contributed by atoms with Crippen LogP contribution < -0.4 is 10.1 Å². The third-order valence-electron chi connectivity index (χ3n) is 3.99. The number of halogens is 1. The molecule has 0 aliphatic carbocycles. The molecule has 0 radical (unpaired) electrons. The van der Waals surface area contributed by atoms with Gasteiger partial charge in [0.25, 0.3) is 0 Å². The van der Waals surface area contributed by atoms with E-state index in [1.807, 2.05) is 0 Å². The summed E-state index contributed by atoms with van der Waals surface area (Å²) in [6.45, 7) is 0. The second kappa shape index (κ2) is 8.45. The number of ether oxygens (including phenoxy) is 1. The van der Waals surface area contributed by atoms with E-state index < -0.39 is 5.25 Å². The van der Waals surface area contributed by atoms with Crippen LogP contribution in [0.2, 0.25) is 5.02 Å². The van der Waals surface area contributed by atoms with Crippen LogP contribution in [0.4, 0.5) is 11.4 Å². The monoisotopic (exact) mass is 403 g/mol. The van der Waals surface area contributed by atoms with Gasteiger partial charge in [0.05, 0.1) is 23.5 Å². The SMILES string of the molecule is COc1ccc(N=C2S[C@@H](C(=O)Nc3ccccc3Cl)CC(=O)N2C)cc1. The van der Waals surface area contributed by atoms with Gasteiger partial charge < -0.3 is 10.1 Å². The molecule has 1 fully saturated rings. The Kier molecular flexibility index (Phi) is 6.03. The lowest BCUT2D eigenvalue weighted by Crippen LogP contribution is -2.43. The Morgan fingerprint density at radius 2 is 1.96 bits per heavy atom. The van der Waals surface area contributed by atoms with E-state index in [-0.39, 0.29) is 18.2 Å². The predicted octanol–water partition coefficient (Wildman–Crippen LogP) is 3.94. The maximum atomic E-state index is 12.6. The van der Waals surface area contributed by atoms with Crippen LogP contribution in [0.25, 0.3) is 0 Å². The minimum atomic E-state index is -0.582. The number of anilines is 1. The molecule has 1 atom stereocenters. The van der Waals surface area contributed by atoms with E-state index >= 15 is 0 Å². The molecule has 2 aromatic rings. The van der Waals surface area contributed by atoms with Crippen molar-refractivity contribution < 1.29 is 14.3 Å². The Balaban J connectivity index is 1.78. The number of rotatable bonds is 4. The number of methoxy groups -OCH3 is 1. The third kappa shape index (κ3) is 4.61. The smallest absolute Gasteiger partial charge is 0.238 e. The summed E-state index contributed by atoms with van der Waals surface area (Å²) >= 11 is 7.34. The number of nitrogens with one attached hydrogen (secondary N) is 1. The molecular formula is C19H18ClN3O3S. The summed E-state index contributed by atoms with van der Waals surface area (Å²) in [6, 6.07) is 14.1. The van der Waals surface area contributed by atoms with Gasteiger partial charge in [-0.2, -0.15) is 0 Å². The minimum Gasteiger partial charge on any atom is -0.497 e. The van der Waals surface area contributed by atoms with E-state index in [1.165, 1.54) is 16.7 Å². The molecule has 1 aliphatic heterocycles. The van der Waals surface area contributed by atoms with Crippen LogP contribution in [0.3, 0.4) is 0 Å². The molecule has 0 bridgehead atoms. The van der Waals surface area contributed by atoms with Crippen LogP contribution in [-0.4, -0.2) is 41.3 Å². The maximum absolute atomic E-state index is 12.6. The van der Waals surface area contributed by atoms with Crippen molar-refractivity contribution in [2.75, 3.05) is 19.5 Å². The van der Waals surface area contributed by atoms with Crippen molar-refractivity contribution in [3.8, 4) is 5.75 Å². The molecule has 2 aromatic carbocycles. The molecule has 27 heavy (non-hydrogen) atoms. The van der Waals surface area contributed by atoms with Crippen molar-refractivity contribution in [2.24, 2.45) is 4.99 Å². The molecule has 0 spiro atoms. The van der Waals surface area contributed by atoms with Gasteiger partial charge in [0.15, 0.2) is 5.17 Å². The van der Waals surface area contributed by atoms with Crippen LogP contribution in [0.15, 0.2) is 53.5 Å². The number of aliphatic imine (C=N–C) groups is 1. The quantitative estimate of drug-likeness (QED) is 0.839. The zero-order valence-corrected chi connectivity index (χ0v) is 16.4. The highest BCUT2D eigenvalue weighted by atomic mass is 35.5. The van der Waals surface area contributed by atoms with E-state index in [1.54, 1.807) is 62.7 Å². The van der Waals surface area contributed by atoms with Crippen molar-refractivity contribution in [1.29, 1.82) is 0 Å². The summed E-state index contributed by atoms with van der Waals surface area (Å²) < 4.78 is 5.13. The van der Waals surface area contributed by atoms with Crippen molar-refractivity contribution >= 4 is 51.7 Å². The molecule has 1 N–H and O–H groups in total. The first-order chi connectivity index (χ1) is 13.0. The number of para-hydroxylation sites is 1. The number of amides is 2. The second-order valence-corrected chi connectivity index (χ2v) is 7.40. The van der Waals surface area contributed by atoms with Gasteiger partial charge >= 0.3 is 0 Å². The molecule has 6 nitrogen and oxygen atoms in total. The third-order valence-corrected chi connectivity index (χ3v) is 5.56. The number of benzene rings is 2. The fourth-order valence-corrected chi connectivity index (χ4v) is 3.69. The number of hydrogen-bond donors (Lipinski definition) is 1. The van der Waals surface area contributed by atoms with Crippen LogP contribution in [0, 0.1) is 0 Å². The van der Waals surface area contributed by atoms with E-state index in [2.05, 4.69) is 10.3 Å². The lowest BCUT2D eigenvalue weighted by atomic mass is 10.2. The van der Waals surface area contributed by atoms with Gasteiger partial charge in [0, 0.05) is 13.5 Å². The summed E-state index contributed by atoms with van der Waals surface area (Å²) in [7, 11) is 3.24. The fourth-order valence-electron chi connectivity index (χ4n) is 2.44. The van der Waals surface area contributed by atoms with Crippen LogP contribution in [0.1, 0.15) is 6.42 Å². The number of carbonyl (C=O) groups excluding carboxylic acids is 2. The number of amidine groups is 1. The molecule has 3 rings (SSSR count). The Labute approximate surface area is 166 Å². The van der Waals surface area contributed by atoms with E-state index in [0.717, 1.165) is 5.75 Å². The zero-order valence-electron chi connectivity index (χ0n) is 14.8. The van der Waals surface area contributed by atoms with Gasteiger partial charge in [-0.15, -0.1) is 0 Å². The molecule has 0 aromatic heterocycles. The second-order valence-electron chi connectivity index (χ2n) is 5.82. The summed E-state index contributed by atoms with van der Waals surface area (Å²) in [5.41, 5.74) is 1.19.